The van der Waals surface area contributed by atoms with Crippen LogP contribution >= 0.6 is 7.60 Å². The Morgan fingerprint density at radius 1 is 1.33 bits per heavy atom. The first-order valence-corrected chi connectivity index (χ1v) is 5.36. The van der Waals surface area contributed by atoms with Gasteiger partial charge in [-0.05, 0) is 20.8 Å². The highest BCUT2D eigenvalue weighted by atomic mass is 31.2. The number of hydrogen-bond donors (Lipinski definition) is 2. The molecule has 0 saturated heterocycles. The molecule has 6 heteroatoms. The summed E-state index contributed by atoms with van der Waals surface area (Å²) < 4.78 is 10.3. The van der Waals surface area contributed by atoms with Gasteiger partial charge in [0.1, 0.15) is 0 Å². The Morgan fingerprint density at radius 3 is 2.17 bits per heavy atom. The lowest BCUT2D eigenvalue weighted by Crippen LogP contribution is -2.20. The summed E-state index contributed by atoms with van der Waals surface area (Å²) in [6, 6.07) is 0. The Balaban J connectivity index is 3.41. The zero-order chi connectivity index (χ0) is 9.83. The molecule has 0 fully saturated rings. The van der Waals surface area contributed by atoms with Crippen LogP contribution in [0.15, 0.2) is 0 Å². The molecule has 0 atom stereocenters. The van der Waals surface area contributed by atoms with E-state index in [1.54, 1.807) is 20.8 Å². The average molecular weight is 198 g/mol. The fourth-order valence-electron chi connectivity index (χ4n) is 0.375. The van der Waals surface area contributed by atoms with Crippen molar-refractivity contribution in [1.29, 1.82) is 0 Å². The van der Waals surface area contributed by atoms with Crippen molar-refractivity contribution in [2.75, 3.05) is 12.8 Å². The highest BCUT2D eigenvalue weighted by Gasteiger charge is 2.15. The third kappa shape index (κ3) is 10.1. The maximum atomic E-state index is 10.3. The van der Waals surface area contributed by atoms with Crippen LogP contribution in [0.3, 0.4) is 0 Å². The first-order chi connectivity index (χ1) is 5.21. The van der Waals surface area contributed by atoms with Gasteiger partial charge in [0.2, 0.25) is 0 Å². The fourth-order valence-corrected chi connectivity index (χ4v) is 0.687. The van der Waals surface area contributed by atoms with Crippen molar-refractivity contribution in [1.82, 2.24) is 0 Å². The van der Waals surface area contributed by atoms with Crippen LogP contribution in [-0.2, 0) is 14.3 Å². The van der Waals surface area contributed by atoms with Crippen LogP contribution in [0, 0.1) is 0 Å². The van der Waals surface area contributed by atoms with Crippen LogP contribution in [0.4, 0.5) is 0 Å². The Labute approximate surface area is 71.8 Å². The normalized spacial score (nSPS) is 13.4. The second-order valence-corrected chi connectivity index (χ2v) is 5.18. The van der Waals surface area contributed by atoms with E-state index in [2.05, 4.69) is 4.89 Å². The molecule has 0 unspecified atom stereocenters. The minimum absolute atomic E-state index is 0.0957. The molecule has 0 aromatic carbocycles. The van der Waals surface area contributed by atoms with Gasteiger partial charge in [0.05, 0.1) is 18.4 Å². The summed E-state index contributed by atoms with van der Waals surface area (Å²) in [5.41, 5.74) is -0.450. The molecule has 0 spiro atoms. The van der Waals surface area contributed by atoms with E-state index in [9.17, 15) is 4.57 Å². The van der Waals surface area contributed by atoms with Crippen LogP contribution in [0.1, 0.15) is 20.8 Å². The third-order valence-electron chi connectivity index (χ3n) is 0.775. The van der Waals surface area contributed by atoms with Crippen molar-refractivity contribution in [2.45, 2.75) is 26.4 Å². The second-order valence-electron chi connectivity index (χ2n) is 3.41. The fraction of sp³-hybridized carbons (Fsp3) is 1.00. The number of rotatable bonds is 4. The molecule has 0 bridgehead atoms. The predicted octanol–water partition coefficient (Wildman–Crippen LogP) is 0.911. The summed E-state index contributed by atoms with van der Waals surface area (Å²) in [7, 11) is -3.95. The minimum atomic E-state index is -3.95. The Kier molecular flexibility index (Phi) is 4.37. The molecule has 0 heterocycles. The molecule has 12 heavy (non-hydrogen) atoms. The zero-order valence-corrected chi connectivity index (χ0v) is 8.38. The monoisotopic (exact) mass is 198 g/mol. The van der Waals surface area contributed by atoms with Crippen LogP contribution < -0.4 is 0 Å². The lowest BCUT2D eigenvalue weighted by Gasteiger charge is -2.17. The molecule has 0 aromatic heterocycles. The smallest absolute Gasteiger partial charge is 0.324 e. The van der Waals surface area contributed by atoms with Gasteiger partial charge in [0.25, 0.3) is 0 Å². The van der Waals surface area contributed by atoms with Gasteiger partial charge in [0, 0.05) is 0 Å². The lowest BCUT2D eigenvalue weighted by molar-refractivity contribution is -0.345. The van der Waals surface area contributed by atoms with Gasteiger partial charge in [-0.3, -0.25) is 4.57 Å². The zero-order valence-electron chi connectivity index (χ0n) is 7.48. The largest absolute Gasteiger partial charge is 0.328 e. The van der Waals surface area contributed by atoms with E-state index in [0.717, 1.165) is 0 Å². The van der Waals surface area contributed by atoms with Crippen molar-refractivity contribution >= 4 is 7.60 Å². The molecule has 0 amide bonds. The van der Waals surface area contributed by atoms with Crippen LogP contribution in [0.5, 0.6) is 0 Å². The van der Waals surface area contributed by atoms with Gasteiger partial charge >= 0.3 is 7.60 Å². The summed E-state index contributed by atoms with van der Waals surface area (Å²) in [5, 5.41) is 0. The Hall–Kier alpha value is 0.0700. The van der Waals surface area contributed by atoms with E-state index < -0.39 is 13.2 Å². The van der Waals surface area contributed by atoms with E-state index in [1.165, 1.54) is 0 Å². The van der Waals surface area contributed by atoms with Crippen molar-refractivity contribution in [3.05, 3.63) is 0 Å². The first kappa shape index (κ1) is 12.1. The SMILES string of the molecule is CC(C)(C)OOCCP(=O)(O)O. The van der Waals surface area contributed by atoms with Crippen molar-refractivity contribution in [3.63, 3.8) is 0 Å². The van der Waals surface area contributed by atoms with Crippen LogP contribution in [0.2, 0.25) is 0 Å². The van der Waals surface area contributed by atoms with Crippen LogP contribution in [-0.4, -0.2) is 28.2 Å². The molecule has 2 N–H and O–H groups in total. The van der Waals surface area contributed by atoms with Gasteiger partial charge in [-0.25, -0.2) is 9.78 Å². The lowest BCUT2D eigenvalue weighted by atomic mass is 10.2. The van der Waals surface area contributed by atoms with E-state index in [-0.39, 0.29) is 12.8 Å². The molecule has 0 radical (unpaired) electrons. The molecule has 0 aliphatic heterocycles. The summed E-state index contributed by atoms with van der Waals surface area (Å²) in [4.78, 5) is 26.2. The van der Waals surface area contributed by atoms with Gasteiger partial charge in [-0.2, -0.15) is 0 Å². The standard InChI is InChI=1S/C6H15O5P/c1-6(2,3)11-10-4-5-12(7,8)9/h4-5H2,1-3H3,(H2,7,8,9). The van der Waals surface area contributed by atoms with E-state index in [4.69, 9.17) is 14.7 Å². The molecule has 0 aliphatic rings. The van der Waals surface area contributed by atoms with Crippen molar-refractivity contribution < 1.29 is 24.1 Å². The Morgan fingerprint density at radius 2 is 1.83 bits per heavy atom. The topological polar surface area (TPSA) is 76.0 Å². The van der Waals surface area contributed by atoms with E-state index in [0.29, 0.717) is 0 Å². The molecule has 0 saturated carbocycles. The molecule has 74 valence electrons. The van der Waals surface area contributed by atoms with Gasteiger partial charge in [-0.1, -0.05) is 0 Å². The summed E-state index contributed by atoms with van der Waals surface area (Å²) in [6.45, 7) is 5.25. The summed E-state index contributed by atoms with van der Waals surface area (Å²) in [5.74, 6) is 0. The van der Waals surface area contributed by atoms with Crippen molar-refractivity contribution in [3.8, 4) is 0 Å². The van der Waals surface area contributed by atoms with Crippen LogP contribution in [0.25, 0.3) is 0 Å². The van der Waals surface area contributed by atoms with E-state index >= 15 is 0 Å². The highest BCUT2D eigenvalue weighted by Crippen LogP contribution is 2.33. The molecule has 0 aromatic rings. The summed E-state index contributed by atoms with van der Waals surface area (Å²) >= 11 is 0. The maximum absolute atomic E-state index is 10.3. The molecule has 0 aliphatic carbocycles. The molecule has 5 nitrogen and oxygen atoms in total. The summed E-state index contributed by atoms with van der Waals surface area (Å²) in [6.07, 6.45) is -0.316. The molecular weight excluding hydrogens is 183 g/mol. The van der Waals surface area contributed by atoms with E-state index in [1.807, 2.05) is 0 Å². The van der Waals surface area contributed by atoms with Crippen molar-refractivity contribution in [2.24, 2.45) is 0 Å². The van der Waals surface area contributed by atoms with Gasteiger partial charge < -0.3 is 9.79 Å². The maximum Gasteiger partial charge on any atom is 0.328 e. The predicted molar refractivity (Wildman–Crippen MR) is 43.7 cm³/mol. The van der Waals surface area contributed by atoms with Gasteiger partial charge in [-0.15, -0.1) is 0 Å². The minimum Gasteiger partial charge on any atom is -0.324 e. The highest BCUT2D eigenvalue weighted by molar-refractivity contribution is 7.51. The third-order valence-corrected chi connectivity index (χ3v) is 1.54. The number of hydrogen-bond acceptors (Lipinski definition) is 3. The Bertz CT molecular complexity index is 167. The molecule has 0 rings (SSSR count). The quantitative estimate of drug-likeness (QED) is 0.304. The van der Waals surface area contributed by atoms with Gasteiger partial charge in [0.15, 0.2) is 0 Å². The molecular formula is C6H15O5P. The average Bonchev–Trinajstić information content (AvgIpc) is 1.76. The second kappa shape index (κ2) is 4.35. The first-order valence-electron chi connectivity index (χ1n) is 3.56.